The summed E-state index contributed by atoms with van der Waals surface area (Å²) in [7, 11) is 0. The van der Waals surface area contributed by atoms with Gasteiger partial charge < -0.3 is 5.32 Å². The second-order valence-electron chi connectivity index (χ2n) is 6.74. The predicted octanol–water partition coefficient (Wildman–Crippen LogP) is 4.54. The maximum Gasteiger partial charge on any atom is 0.228 e. The predicted molar refractivity (Wildman–Crippen MR) is 87.4 cm³/mol. The summed E-state index contributed by atoms with van der Waals surface area (Å²) >= 11 is 0. The minimum absolute atomic E-state index is 0.194. The van der Waals surface area contributed by atoms with Crippen molar-refractivity contribution in [2.24, 2.45) is 17.8 Å². The minimum atomic E-state index is 0.194. The van der Waals surface area contributed by atoms with Gasteiger partial charge in [0.05, 0.1) is 0 Å². The molecule has 1 aromatic carbocycles. The van der Waals surface area contributed by atoms with Crippen LogP contribution in [0.3, 0.4) is 0 Å². The molecule has 0 saturated heterocycles. The topological polar surface area (TPSA) is 29.1 Å². The number of aryl methyl sites for hydroxylation is 3. The van der Waals surface area contributed by atoms with Gasteiger partial charge in [0.1, 0.15) is 0 Å². The number of amides is 1. The second-order valence-corrected chi connectivity index (χ2v) is 6.74. The van der Waals surface area contributed by atoms with E-state index in [1.807, 2.05) is 0 Å². The summed E-state index contributed by atoms with van der Waals surface area (Å²) in [6.45, 7) is 6.25. The SMILES string of the molecule is Cc1cc(C)c(NC(=O)[C@@H]2[C@@H]3C=CCCCC[C@H]32)c(C)c1. The molecule has 0 heterocycles. The number of carbonyl (C=O) groups excluding carboxylic acids is 1. The summed E-state index contributed by atoms with van der Waals surface area (Å²) in [5, 5.41) is 3.19. The largest absolute Gasteiger partial charge is 0.325 e. The van der Waals surface area contributed by atoms with E-state index in [2.05, 4.69) is 50.4 Å². The summed E-state index contributed by atoms with van der Waals surface area (Å²) in [6.07, 6.45) is 9.46. The molecule has 21 heavy (non-hydrogen) atoms. The first-order valence-corrected chi connectivity index (χ1v) is 8.13. The van der Waals surface area contributed by atoms with Crippen LogP contribution in [0.15, 0.2) is 24.3 Å². The van der Waals surface area contributed by atoms with Crippen LogP contribution in [0.25, 0.3) is 0 Å². The van der Waals surface area contributed by atoms with E-state index in [-0.39, 0.29) is 11.8 Å². The molecular weight excluding hydrogens is 258 g/mol. The van der Waals surface area contributed by atoms with Crippen molar-refractivity contribution in [1.82, 2.24) is 0 Å². The lowest BCUT2D eigenvalue weighted by atomic mass is 10.0. The number of allylic oxidation sites excluding steroid dienone is 2. The molecule has 2 aliphatic carbocycles. The number of nitrogens with one attached hydrogen (secondary N) is 1. The van der Waals surface area contributed by atoms with Crippen LogP contribution in [0.2, 0.25) is 0 Å². The van der Waals surface area contributed by atoms with Gasteiger partial charge in [0.25, 0.3) is 0 Å². The third-order valence-corrected chi connectivity index (χ3v) is 4.97. The van der Waals surface area contributed by atoms with Gasteiger partial charge in [-0.1, -0.05) is 36.3 Å². The van der Waals surface area contributed by atoms with Crippen LogP contribution < -0.4 is 5.32 Å². The van der Waals surface area contributed by atoms with E-state index in [0.29, 0.717) is 11.8 Å². The van der Waals surface area contributed by atoms with E-state index < -0.39 is 0 Å². The summed E-state index contributed by atoms with van der Waals surface area (Å²) < 4.78 is 0. The number of benzene rings is 1. The van der Waals surface area contributed by atoms with Gasteiger partial charge in [-0.15, -0.1) is 0 Å². The van der Waals surface area contributed by atoms with Crippen molar-refractivity contribution in [3.63, 3.8) is 0 Å². The number of rotatable bonds is 2. The highest BCUT2D eigenvalue weighted by molar-refractivity contribution is 5.96. The Hall–Kier alpha value is -1.57. The molecule has 0 unspecified atom stereocenters. The van der Waals surface area contributed by atoms with E-state index >= 15 is 0 Å². The fraction of sp³-hybridized carbons (Fsp3) is 0.526. The average molecular weight is 283 g/mol. The van der Waals surface area contributed by atoms with Crippen LogP contribution in [0.1, 0.15) is 42.4 Å². The van der Waals surface area contributed by atoms with Gasteiger partial charge in [-0.05, 0) is 63.0 Å². The van der Waals surface area contributed by atoms with Gasteiger partial charge >= 0.3 is 0 Å². The zero-order valence-electron chi connectivity index (χ0n) is 13.3. The van der Waals surface area contributed by atoms with E-state index in [1.54, 1.807) is 0 Å². The normalized spacial score (nSPS) is 27.5. The van der Waals surface area contributed by atoms with Gasteiger partial charge in [0.2, 0.25) is 5.91 Å². The van der Waals surface area contributed by atoms with E-state index in [0.717, 1.165) is 16.8 Å². The highest BCUT2D eigenvalue weighted by atomic mass is 16.2. The Labute approximate surface area is 127 Å². The molecule has 0 radical (unpaired) electrons. The molecule has 3 atom stereocenters. The van der Waals surface area contributed by atoms with Gasteiger partial charge in [-0.25, -0.2) is 0 Å². The summed E-state index contributed by atoms with van der Waals surface area (Å²) in [5.41, 5.74) is 4.58. The first-order chi connectivity index (χ1) is 10.1. The quantitative estimate of drug-likeness (QED) is 0.793. The highest BCUT2D eigenvalue weighted by Gasteiger charge is 2.52. The maximum absolute atomic E-state index is 12.6. The molecule has 112 valence electrons. The van der Waals surface area contributed by atoms with Crippen LogP contribution in [0.5, 0.6) is 0 Å². The molecule has 1 saturated carbocycles. The lowest BCUT2D eigenvalue weighted by Gasteiger charge is -2.13. The first-order valence-electron chi connectivity index (χ1n) is 8.13. The Balaban J connectivity index is 1.73. The highest BCUT2D eigenvalue weighted by Crippen LogP contribution is 2.52. The lowest BCUT2D eigenvalue weighted by Crippen LogP contribution is -2.17. The molecular formula is C19H25NO. The van der Waals surface area contributed by atoms with E-state index in [1.165, 1.54) is 31.2 Å². The van der Waals surface area contributed by atoms with E-state index in [4.69, 9.17) is 0 Å². The molecule has 0 aromatic heterocycles. The second kappa shape index (κ2) is 5.67. The van der Waals surface area contributed by atoms with Crippen LogP contribution in [-0.2, 0) is 4.79 Å². The molecule has 1 N–H and O–H groups in total. The van der Waals surface area contributed by atoms with Crippen LogP contribution in [0.4, 0.5) is 5.69 Å². The van der Waals surface area contributed by atoms with Gasteiger partial charge in [0, 0.05) is 11.6 Å². The van der Waals surface area contributed by atoms with Crippen LogP contribution >= 0.6 is 0 Å². The Morgan fingerprint density at radius 2 is 1.86 bits per heavy atom. The molecule has 1 fully saturated rings. The Kier molecular flexibility index (Phi) is 3.88. The molecule has 2 heteroatoms. The molecule has 3 rings (SSSR count). The fourth-order valence-corrected chi connectivity index (χ4v) is 3.88. The van der Waals surface area contributed by atoms with Crippen molar-refractivity contribution in [3.8, 4) is 0 Å². The fourth-order valence-electron chi connectivity index (χ4n) is 3.88. The molecule has 1 aromatic rings. The molecule has 0 spiro atoms. The van der Waals surface area contributed by atoms with Crippen LogP contribution in [-0.4, -0.2) is 5.91 Å². The van der Waals surface area contributed by atoms with Crippen molar-refractivity contribution in [2.75, 3.05) is 5.32 Å². The Bertz CT molecular complexity index is 564. The Morgan fingerprint density at radius 3 is 2.57 bits per heavy atom. The number of carbonyl (C=O) groups is 1. The molecule has 0 aliphatic heterocycles. The number of hydrogen-bond acceptors (Lipinski definition) is 1. The summed E-state index contributed by atoms with van der Waals surface area (Å²) in [6, 6.07) is 4.27. The lowest BCUT2D eigenvalue weighted by molar-refractivity contribution is -0.117. The molecule has 2 nitrogen and oxygen atoms in total. The van der Waals surface area contributed by atoms with Crippen molar-refractivity contribution in [1.29, 1.82) is 0 Å². The Morgan fingerprint density at radius 1 is 1.14 bits per heavy atom. The molecule has 2 aliphatic rings. The molecule has 0 bridgehead atoms. The monoisotopic (exact) mass is 283 g/mol. The van der Waals surface area contributed by atoms with Crippen molar-refractivity contribution >= 4 is 11.6 Å². The number of fused-ring (bicyclic) bond motifs is 1. The van der Waals surface area contributed by atoms with E-state index in [9.17, 15) is 4.79 Å². The number of anilines is 1. The zero-order valence-corrected chi connectivity index (χ0v) is 13.3. The standard InChI is InChI=1S/C19H25NO/c1-12-10-13(2)18(14(3)11-12)20-19(21)17-15-8-6-4-5-7-9-16(15)17/h6,8,10-11,15-17H,4-5,7,9H2,1-3H3,(H,20,21)/t15-,16-,17-/m1/s1. The summed E-state index contributed by atoms with van der Waals surface area (Å²) in [5.74, 6) is 1.47. The molecule has 1 amide bonds. The van der Waals surface area contributed by atoms with Crippen molar-refractivity contribution in [2.45, 2.75) is 46.5 Å². The summed E-state index contributed by atoms with van der Waals surface area (Å²) in [4.78, 5) is 12.6. The van der Waals surface area contributed by atoms with Crippen LogP contribution in [0, 0.1) is 38.5 Å². The van der Waals surface area contributed by atoms with Gasteiger partial charge in [-0.2, -0.15) is 0 Å². The van der Waals surface area contributed by atoms with Gasteiger partial charge in [-0.3, -0.25) is 4.79 Å². The number of hydrogen-bond donors (Lipinski definition) is 1. The van der Waals surface area contributed by atoms with Crippen molar-refractivity contribution < 1.29 is 4.79 Å². The first kappa shape index (κ1) is 14.4. The minimum Gasteiger partial charge on any atom is -0.325 e. The third-order valence-electron chi connectivity index (χ3n) is 4.97. The third kappa shape index (κ3) is 2.90. The van der Waals surface area contributed by atoms with Crippen molar-refractivity contribution in [3.05, 3.63) is 41.0 Å². The maximum atomic E-state index is 12.6. The smallest absolute Gasteiger partial charge is 0.228 e. The average Bonchev–Trinajstić information content (AvgIpc) is 3.05. The zero-order chi connectivity index (χ0) is 15.0. The van der Waals surface area contributed by atoms with Gasteiger partial charge in [0.15, 0.2) is 0 Å².